The number of hydrogen-bond acceptors (Lipinski definition) is 4. The van der Waals surface area contributed by atoms with E-state index in [1.807, 2.05) is 12.1 Å². The molecule has 1 aromatic heterocycles. The maximum atomic E-state index is 12.2. The number of imide groups is 1. The lowest BCUT2D eigenvalue weighted by atomic mass is 10.2. The Kier molecular flexibility index (Phi) is 6.80. The first-order valence-electron chi connectivity index (χ1n) is 7.88. The molecule has 3 amide bonds. The van der Waals surface area contributed by atoms with Crippen molar-refractivity contribution >= 4 is 64.3 Å². The zero-order chi connectivity index (χ0) is 20.1. The third kappa shape index (κ3) is 5.39. The summed E-state index contributed by atoms with van der Waals surface area (Å²) in [5.74, 6) is -0.418. The SMILES string of the molecule is O=C(NC(=O)c1c(Cl)cccc1Cl)Nc1ccc(Sc2ccc(Cl)cc2)cn1. The molecule has 1 heterocycles. The summed E-state index contributed by atoms with van der Waals surface area (Å²) in [6.07, 6.45) is 1.61. The molecule has 3 rings (SSSR count). The first-order chi connectivity index (χ1) is 13.4. The second-order valence-electron chi connectivity index (χ2n) is 5.44. The Balaban J connectivity index is 1.60. The zero-order valence-corrected chi connectivity index (χ0v) is 17.2. The summed E-state index contributed by atoms with van der Waals surface area (Å²) in [6.45, 7) is 0. The molecule has 0 unspecified atom stereocenters. The average molecular weight is 453 g/mol. The number of carbonyl (C=O) groups excluding carboxylic acids is 2. The molecule has 0 aliphatic rings. The minimum Gasteiger partial charge on any atom is -0.292 e. The van der Waals surface area contributed by atoms with Crippen LogP contribution < -0.4 is 10.6 Å². The van der Waals surface area contributed by atoms with E-state index in [1.165, 1.54) is 23.9 Å². The summed E-state index contributed by atoms with van der Waals surface area (Å²) in [6, 6.07) is 14.7. The number of pyridine rings is 1. The minimum absolute atomic E-state index is 0.0312. The second kappa shape index (κ2) is 9.30. The monoisotopic (exact) mass is 451 g/mol. The molecule has 0 spiro atoms. The molecule has 0 saturated carbocycles. The number of anilines is 1. The molecule has 0 aliphatic heterocycles. The number of amides is 3. The Morgan fingerprint density at radius 2 is 1.50 bits per heavy atom. The van der Waals surface area contributed by atoms with Crippen molar-refractivity contribution in [1.29, 1.82) is 0 Å². The third-order valence-corrected chi connectivity index (χ3v) is 5.31. The number of carbonyl (C=O) groups is 2. The fraction of sp³-hybridized carbons (Fsp3) is 0. The normalized spacial score (nSPS) is 10.4. The van der Waals surface area contributed by atoms with Crippen LogP contribution in [0.15, 0.2) is 70.6 Å². The number of nitrogens with one attached hydrogen (secondary N) is 2. The van der Waals surface area contributed by atoms with Crippen LogP contribution in [0.3, 0.4) is 0 Å². The summed E-state index contributed by atoms with van der Waals surface area (Å²) < 4.78 is 0. The largest absolute Gasteiger partial charge is 0.327 e. The highest BCUT2D eigenvalue weighted by Crippen LogP contribution is 2.28. The van der Waals surface area contributed by atoms with Crippen LogP contribution in [0.4, 0.5) is 10.6 Å². The lowest BCUT2D eigenvalue weighted by Crippen LogP contribution is -2.34. The fourth-order valence-corrected chi connectivity index (χ4v) is 3.66. The quantitative estimate of drug-likeness (QED) is 0.497. The standard InChI is InChI=1S/C19H12Cl3N3O2S/c20-11-4-6-12(7-5-11)28-13-8-9-16(23-10-13)24-19(27)25-18(26)17-14(21)2-1-3-15(17)22/h1-10H,(H2,23,24,25,26,27). The number of aromatic nitrogens is 1. The Labute approximate surface area is 180 Å². The summed E-state index contributed by atoms with van der Waals surface area (Å²) >= 11 is 19.3. The van der Waals surface area contributed by atoms with Crippen molar-refractivity contribution in [3.05, 3.63) is 81.4 Å². The molecular formula is C19H12Cl3N3O2S. The Morgan fingerprint density at radius 3 is 2.11 bits per heavy atom. The van der Waals surface area contributed by atoms with Crippen LogP contribution in [0.1, 0.15) is 10.4 Å². The molecule has 9 heteroatoms. The maximum Gasteiger partial charge on any atom is 0.327 e. The molecule has 0 atom stereocenters. The van der Waals surface area contributed by atoms with Gasteiger partial charge in [0.2, 0.25) is 0 Å². The topological polar surface area (TPSA) is 71.1 Å². The van der Waals surface area contributed by atoms with Gasteiger partial charge in [0.1, 0.15) is 5.82 Å². The Hall–Kier alpha value is -2.25. The van der Waals surface area contributed by atoms with E-state index in [1.54, 1.807) is 36.5 Å². The minimum atomic E-state index is -0.744. The molecule has 0 radical (unpaired) electrons. The average Bonchev–Trinajstić information content (AvgIpc) is 2.65. The van der Waals surface area contributed by atoms with Crippen molar-refractivity contribution in [2.75, 3.05) is 5.32 Å². The van der Waals surface area contributed by atoms with Gasteiger partial charge < -0.3 is 0 Å². The van der Waals surface area contributed by atoms with Crippen molar-refractivity contribution in [3.63, 3.8) is 0 Å². The van der Waals surface area contributed by atoms with Gasteiger partial charge in [-0.3, -0.25) is 15.4 Å². The van der Waals surface area contributed by atoms with Crippen LogP contribution >= 0.6 is 46.6 Å². The van der Waals surface area contributed by atoms with Crippen molar-refractivity contribution < 1.29 is 9.59 Å². The molecule has 0 fully saturated rings. The van der Waals surface area contributed by atoms with E-state index in [0.29, 0.717) is 5.02 Å². The number of halogens is 3. The highest BCUT2D eigenvalue weighted by Gasteiger charge is 2.17. The molecule has 0 aliphatic carbocycles. The third-order valence-electron chi connectivity index (χ3n) is 3.44. The Morgan fingerprint density at radius 1 is 0.857 bits per heavy atom. The molecule has 0 bridgehead atoms. The lowest BCUT2D eigenvalue weighted by Gasteiger charge is -2.09. The van der Waals surface area contributed by atoms with Crippen LogP contribution in [0.5, 0.6) is 0 Å². The summed E-state index contributed by atoms with van der Waals surface area (Å²) in [7, 11) is 0. The highest BCUT2D eigenvalue weighted by molar-refractivity contribution is 7.99. The number of hydrogen-bond donors (Lipinski definition) is 2. The molecule has 3 aromatic rings. The predicted octanol–water partition coefficient (Wildman–Crippen LogP) is 6.15. The summed E-state index contributed by atoms with van der Waals surface area (Å²) in [5, 5.41) is 5.63. The van der Waals surface area contributed by atoms with Crippen LogP contribution in [0.25, 0.3) is 0 Å². The van der Waals surface area contributed by atoms with E-state index >= 15 is 0 Å². The zero-order valence-electron chi connectivity index (χ0n) is 14.1. The van der Waals surface area contributed by atoms with Crippen LogP contribution in [-0.2, 0) is 0 Å². The van der Waals surface area contributed by atoms with Gasteiger partial charge in [-0.2, -0.15) is 0 Å². The van der Waals surface area contributed by atoms with Gasteiger partial charge in [-0.05, 0) is 48.5 Å². The van der Waals surface area contributed by atoms with E-state index in [0.717, 1.165) is 9.79 Å². The molecule has 142 valence electrons. The van der Waals surface area contributed by atoms with E-state index < -0.39 is 11.9 Å². The number of rotatable bonds is 4. The van der Waals surface area contributed by atoms with Crippen LogP contribution in [-0.4, -0.2) is 16.9 Å². The van der Waals surface area contributed by atoms with Crippen molar-refractivity contribution in [3.8, 4) is 0 Å². The summed E-state index contributed by atoms with van der Waals surface area (Å²) in [4.78, 5) is 30.3. The molecular weight excluding hydrogens is 441 g/mol. The smallest absolute Gasteiger partial charge is 0.292 e. The van der Waals surface area contributed by atoms with Gasteiger partial charge in [-0.25, -0.2) is 9.78 Å². The molecule has 2 N–H and O–H groups in total. The molecule has 0 saturated heterocycles. The summed E-state index contributed by atoms with van der Waals surface area (Å²) in [5.41, 5.74) is 0.0312. The van der Waals surface area contributed by atoms with E-state index in [4.69, 9.17) is 34.8 Å². The van der Waals surface area contributed by atoms with Gasteiger partial charge in [-0.15, -0.1) is 0 Å². The number of benzene rings is 2. The lowest BCUT2D eigenvalue weighted by molar-refractivity contribution is 0.0967. The first-order valence-corrected chi connectivity index (χ1v) is 9.83. The maximum absolute atomic E-state index is 12.2. The van der Waals surface area contributed by atoms with Crippen molar-refractivity contribution in [2.24, 2.45) is 0 Å². The van der Waals surface area contributed by atoms with E-state index in [9.17, 15) is 9.59 Å². The first kappa shape index (κ1) is 20.5. The van der Waals surface area contributed by atoms with Crippen LogP contribution in [0, 0.1) is 0 Å². The fourth-order valence-electron chi connectivity index (χ4n) is 2.18. The van der Waals surface area contributed by atoms with Gasteiger partial charge in [-0.1, -0.05) is 52.6 Å². The number of nitrogens with zero attached hydrogens (tertiary/aromatic N) is 1. The molecule has 5 nitrogen and oxygen atoms in total. The Bertz CT molecular complexity index is 992. The predicted molar refractivity (Wildman–Crippen MR) is 113 cm³/mol. The van der Waals surface area contributed by atoms with Gasteiger partial charge in [0.15, 0.2) is 0 Å². The van der Waals surface area contributed by atoms with Gasteiger partial charge in [0, 0.05) is 21.0 Å². The number of urea groups is 1. The van der Waals surface area contributed by atoms with Crippen molar-refractivity contribution in [1.82, 2.24) is 10.3 Å². The van der Waals surface area contributed by atoms with Crippen LogP contribution in [0.2, 0.25) is 15.1 Å². The second-order valence-corrected chi connectivity index (χ2v) is 7.84. The van der Waals surface area contributed by atoms with Crippen molar-refractivity contribution in [2.45, 2.75) is 9.79 Å². The van der Waals surface area contributed by atoms with Gasteiger partial charge in [0.05, 0.1) is 15.6 Å². The molecule has 28 heavy (non-hydrogen) atoms. The van der Waals surface area contributed by atoms with E-state index in [2.05, 4.69) is 15.6 Å². The van der Waals surface area contributed by atoms with Gasteiger partial charge in [0.25, 0.3) is 5.91 Å². The van der Waals surface area contributed by atoms with Gasteiger partial charge >= 0.3 is 6.03 Å². The van der Waals surface area contributed by atoms with E-state index in [-0.39, 0.29) is 21.4 Å². The highest BCUT2D eigenvalue weighted by atomic mass is 35.5. The molecule has 2 aromatic carbocycles.